The molecule has 0 atom stereocenters. The third kappa shape index (κ3) is 5.30. The number of carbonyl (C=O) groups excluding carboxylic acids is 1. The van der Waals surface area contributed by atoms with Crippen molar-refractivity contribution in [2.24, 2.45) is 0 Å². The van der Waals surface area contributed by atoms with Crippen LogP contribution in [0.1, 0.15) is 13.3 Å². The van der Waals surface area contributed by atoms with E-state index in [1.165, 1.54) is 4.90 Å². The summed E-state index contributed by atoms with van der Waals surface area (Å²) in [7, 11) is 1.55. The highest BCUT2D eigenvalue weighted by atomic mass is 35.5. The van der Waals surface area contributed by atoms with E-state index in [9.17, 15) is 9.59 Å². The van der Waals surface area contributed by atoms with Crippen molar-refractivity contribution in [3.05, 3.63) is 23.2 Å². The van der Waals surface area contributed by atoms with Crippen molar-refractivity contribution in [2.75, 3.05) is 24.7 Å². The molecule has 0 fully saturated rings. The van der Waals surface area contributed by atoms with Crippen LogP contribution >= 0.6 is 23.4 Å². The first-order chi connectivity index (χ1) is 9.43. The molecule has 0 aliphatic carbocycles. The maximum Gasteiger partial charge on any atom is 0.321 e. The molecule has 0 unspecified atom stereocenters. The number of rotatable bonds is 6. The van der Waals surface area contributed by atoms with E-state index >= 15 is 0 Å². The molecule has 1 aromatic carbocycles. The minimum atomic E-state index is -0.936. The van der Waals surface area contributed by atoms with Gasteiger partial charge in [0.2, 0.25) is 0 Å². The van der Waals surface area contributed by atoms with Crippen LogP contribution in [0.4, 0.5) is 10.5 Å². The zero-order valence-corrected chi connectivity index (χ0v) is 12.9. The summed E-state index contributed by atoms with van der Waals surface area (Å²) < 4.78 is 0. The molecule has 2 N–H and O–H groups in total. The Morgan fingerprint density at radius 2 is 2.15 bits per heavy atom. The second kappa shape index (κ2) is 8.01. The summed E-state index contributed by atoms with van der Waals surface area (Å²) in [6.07, 6.45) is -0.0873. The number of amides is 2. The summed E-state index contributed by atoms with van der Waals surface area (Å²) in [5.74, 6) is -0.0612. The number of halogens is 1. The molecule has 0 saturated carbocycles. The Morgan fingerprint density at radius 1 is 1.45 bits per heavy atom. The number of thioether (sulfide) groups is 1. The van der Waals surface area contributed by atoms with Crippen molar-refractivity contribution in [3.8, 4) is 0 Å². The molecule has 0 aromatic heterocycles. The summed E-state index contributed by atoms with van der Waals surface area (Å²) in [4.78, 5) is 24.7. The number of aliphatic carboxylic acids is 1. The quantitative estimate of drug-likeness (QED) is 0.789. The van der Waals surface area contributed by atoms with E-state index < -0.39 is 5.97 Å². The number of carboxylic acids is 1. The molecule has 0 radical (unpaired) electrons. The molecular weight excluding hydrogens is 300 g/mol. The second-order valence-electron chi connectivity index (χ2n) is 4.07. The number of urea groups is 1. The first-order valence-electron chi connectivity index (χ1n) is 6.10. The Kier molecular flexibility index (Phi) is 6.67. The standard InChI is InChI=1S/C13H17ClN2O3S/c1-3-20-11-5-4-9(14)8-10(11)15-13(19)16(2)7-6-12(17)18/h4-5,8H,3,6-7H2,1-2H3,(H,15,19)(H,17,18). The lowest BCUT2D eigenvalue weighted by molar-refractivity contribution is -0.137. The third-order valence-corrected chi connectivity index (χ3v) is 3.68. The van der Waals surface area contributed by atoms with Gasteiger partial charge >= 0.3 is 12.0 Å². The second-order valence-corrected chi connectivity index (χ2v) is 5.81. The van der Waals surface area contributed by atoms with Crippen LogP contribution < -0.4 is 5.32 Å². The van der Waals surface area contributed by atoms with E-state index in [4.69, 9.17) is 16.7 Å². The topological polar surface area (TPSA) is 69.6 Å². The van der Waals surface area contributed by atoms with E-state index in [1.807, 2.05) is 13.0 Å². The fraction of sp³-hybridized carbons (Fsp3) is 0.385. The van der Waals surface area contributed by atoms with Crippen molar-refractivity contribution < 1.29 is 14.7 Å². The van der Waals surface area contributed by atoms with Crippen LogP contribution in [0, 0.1) is 0 Å². The van der Waals surface area contributed by atoms with Gasteiger partial charge in [0.25, 0.3) is 0 Å². The number of nitrogens with one attached hydrogen (secondary N) is 1. The molecule has 0 spiro atoms. The molecule has 110 valence electrons. The summed E-state index contributed by atoms with van der Waals surface area (Å²) in [6, 6.07) is 4.95. The molecule has 0 bridgehead atoms. The highest BCUT2D eigenvalue weighted by Gasteiger charge is 2.12. The summed E-state index contributed by atoms with van der Waals surface area (Å²) in [6.45, 7) is 2.17. The SMILES string of the molecule is CCSc1ccc(Cl)cc1NC(=O)N(C)CCC(=O)O. The molecule has 1 rings (SSSR count). The molecule has 0 aliphatic heterocycles. The van der Waals surface area contributed by atoms with Gasteiger partial charge in [-0.25, -0.2) is 4.79 Å². The highest BCUT2D eigenvalue weighted by molar-refractivity contribution is 7.99. The zero-order valence-electron chi connectivity index (χ0n) is 11.4. The van der Waals surface area contributed by atoms with Gasteiger partial charge in [0, 0.05) is 23.5 Å². The lowest BCUT2D eigenvalue weighted by atomic mass is 10.3. The molecule has 2 amide bonds. The van der Waals surface area contributed by atoms with Crippen molar-refractivity contribution >= 4 is 41.1 Å². The average molecular weight is 317 g/mol. The van der Waals surface area contributed by atoms with E-state index in [-0.39, 0.29) is 19.0 Å². The van der Waals surface area contributed by atoms with Crippen LogP contribution in [-0.2, 0) is 4.79 Å². The van der Waals surface area contributed by atoms with Gasteiger partial charge in [-0.05, 0) is 24.0 Å². The first-order valence-corrected chi connectivity index (χ1v) is 7.46. The minimum Gasteiger partial charge on any atom is -0.481 e. The molecule has 0 saturated heterocycles. The number of nitrogens with zero attached hydrogens (tertiary/aromatic N) is 1. The van der Waals surface area contributed by atoms with Crippen LogP contribution in [-0.4, -0.2) is 41.4 Å². The fourth-order valence-corrected chi connectivity index (χ4v) is 2.37. The van der Waals surface area contributed by atoms with Gasteiger partial charge in [0.1, 0.15) is 0 Å². The summed E-state index contributed by atoms with van der Waals surface area (Å²) in [5.41, 5.74) is 0.636. The van der Waals surface area contributed by atoms with E-state index in [2.05, 4.69) is 5.32 Å². The zero-order chi connectivity index (χ0) is 15.1. The Balaban J connectivity index is 2.73. The van der Waals surface area contributed by atoms with Crippen molar-refractivity contribution in [3.63, 3.8) is 0 Å². The Bertz CT molecular complexity index is 497. The van der Waals surface area contributed by atoms with Crippen LogP contribution in [0.3, 0.4) is 0 Å². The van der Waals surface area contributed by atoms with Gasteiger partial charge in [-0.2, -0.15) is 0 Å². The van der Waals surface area contributed by atoms with Gasteiger partial charge in [0.15, 0.2) is 0 Å². The Hall–Kier alpha value is -1.40. The Labute approximate surface area is 127 Å². The van der Waals surface area contributed by atoms with E-state index in [0.29, 0.717) is 10.7 Å². The lowest BCUT2D eigenvalue weighted by Gasteiger charge is -2.18. The maximum absolute atomic E-state index is 12.0. The number of anilines is 1. The molecule has 1 aromatic rings. The number of benzene rings is 1. The monoisotopic (exact) mass is 316 g/mol. The number of hydrogen-bond donors (Lipinski definition) is 2. The van der Waals surface area contributed by atoms with Gasteiger partial charge < -0.3 is 15.3 Å². The maximum atomic E-state index is 12.0. The van der Waals surface area contributed by atoms with Gasteiger partial charge in [-0.3, -0.25) is 4.79 Å². The van der Waals surface area contributed by atoms with Crippen molar-refractivity contribution in [1.29, 1.82) is 0 Å². The average Bonchev–Trinajstić information content (AvgIpc) is 2.39. The molecule has 20 heavy (non-hydrogen) atoms. The third-order valence-electron chi connectivity index (χ3n) is 2.49. The summed E-state index contributed by atoms with van der Waals surface area (Å²) >= 11 is 7.53. The normalized spacial score (nSPS) is 10.2. The number of carboxylic acid groups (broad SMARTS) is 1. The smallest absolute Gasteiger partial charge is 0.321 e. The van der Waals surface area contributed by atoms with E-state index in [0.717, 1.165) is 10.6 Å². The highest BCUT2D eigenvalue weighted by Crippen LogP contribution is 2.29. The fourth-order valence-electron chi connectivity index (χ4n) is 1.46. The van der Waals surface area contributed by atoms with Crippen molar-refractivity contribution in [2.45, 2.75) is 18.2 Å². The van der Waals surface area contributed by atoms with Crippen LogP contribution in [0.5, 0.6) is 0 Å². The van der Waals surface area contributed by atoms with Crippen LogP contribution in [0.15, 0.2) is 23.1 Å². The van der Waals surface area contributed by atoms with Gasteiger partial charge in [0.05, 0.1) is 12.1 Å². The minimum absolute atomic E-state index is 0.0873. The van der Waals surface area contributed by atoms with Gasteiger partial charge in [-0.15, -0.1) is 11.8 Å². The lowest BCUT2D eigenvalue weighted by Crippen LogP contribution is -2.33. The van der Waals surface area contributed by atoms with E-state index in [1.54, 1.807) is 30.9 Å². The molecular formula is C13H17ClN2O3S. The van der Waals surface area contributed by atoms with Gasteiger partial charge in [-0.1, -0.05) is 18.5 Å². The summed E-state index contributed by atoms with van der Waals surface area (Å²) in [5, 5.41) is 11.9. The van der Waals surface area contributed by atoms with Crippen molar-refractivity contribution in [1.82, 2.24) is 4.90 Å². The molecule has 0 aliphatic rings. The van der Waals surface area contributed by atoms with Crippen LogP contribution in [0.2, 0.25) is 5.02 Å². The van der Waals surface area contributed by atoms with Crippen LogP contribution in [0.25, 0.3) is 0 Å². The first kappa shape index (κ1) is 16.7. The Morgan fingerprint density at radius 3 is 2.75 bits per heavy atom. The molecule has 0 heterocycles. The predicted octanol–water partition coefficient (Wildman–Crippen LogP) is 3.39. The number of hydrogen-bond acceptors (Lipinski definition) is 3. The molecule has 7 heteroatoms. The largest absolute Gasteiger partial charge is 0.481 e. The predicted molar refractivity (Wildman–Crippen MR) is 81.8 cm³/mol. The molecule has 5 nitrogen and oxygen atoms in total. The number of carbonyl (C=O) groups is 2.